The number of aromatic amines is 1. The van der Waals surface area contributed by atoms with Gasteiger partial charge < -0.3 is 29.0 Å². The summed E-state index contributed by atoms with van der Waals surface area (Å²) in [7, 11) is 3.92. The SMILES string of the molecule is CN(C)CCOc1nccc(-c2[nH]c(C3OCC(C)(C(=O)N4CCCCC4)CO3)nc2-c2ccc(F)cc2)n1. The standard InChI is InChI=1S/C28H35FN6O4/c1-28(26(36)35-13-5-4-6-14-35)17-38-25(39-18-28)24-32-22(19-7-9-20(29)10-8-19)23(33-24)21-11-12-30-27(31-21)37-16-15-34(2)3/h7-12,25H,4-6,13-18H2,1-3H3,(H,32,33). The zero-order chi connectivity index (χ0) is 27.4. The fourth-order valence-electron chi connectivity index (χ4n) is 4.74. The molecule has 208 valence electrons. The van der Waals surface area contributed by atoms with Gasteiger partial charge in [-0.25, -0.2) is 14.4 Å². The first kappa shape index (κ1) is 27.2. The van der Waals surface area contributed by atoms with Gasteiger partial charge >= 0.3 is 6.01 Å². The normalized spacial score (nSPS) is 21.8. The highest BCUT2D eigenvalue weighted by Crippen LogP contribution is 2.36. The summed E-state index contributed by atoms with van der Waals surface area (Å²) in [5, 5.41) is 0. The predicted molar refractivity (Wildman–Crippen MR) is 142 cm³/mol. The minimum absolute atomic E-state index is 0.0653. The molecule has 11 heteroatoms. The molecule has 4 heterocycles. The van der Waals surface area contributed by atoms with Crippen LogP contribution in [0.15, 0.2) is 36.5 Å². The first-order valence-corrected chi connectivity index (χ1v) is 13.3. The molecule has 0 spiro atoms. The van der Waals surface area contributed by atoms with Crippen molar-refractivity contribution in [2.24, 2.45) is 5.41 Å². The molecule has 0 radical (unpaired) electrons. The molecule has 5 rings (SSSR count). The van der Waals surface area contributed by atoms with Crippen molar-refractivity contribution in [2.45, 2.75) is 32.5 Å². The number of imidazole rings is 1. The third-order valence-electron chi connectivity index (χ3n) is 6.99. The number of aromatic nitrogens is 4. The van der Waals surface area contributed by atoms with Crippen LogP contribution in [0.25, 0.3) is 22.6 Å². The van der Waals surface area contributed by atoms with Crippen LogP contribution in [0, 0.1) is 11.2 Å². The van der Waals surface area contributed by atoms with Gasteiger partial charge in [0.2, 0.25) is 12.2 Å². The van der Waals surface area contributed by atoms with E-state index in [-0.39, 0.29) is 30.9 Å². The molecule has 0 bridgehead atoms. The van der Waals surface area contributed by atoms with E-state index in [0.717, 1.165) is 38.9 Å². The number of H-pyrrole nitrogens is 1. The molecule has 0 aliphatic carbocycles. The molecular weight excluding hydrogens is 503 g/mol. The number of halogens is 1. The fourth-order valence-corrected chi connectivity index (χ4v) is 4.74. The van der Waals surface area contributed by atoms with Crippen molar-refractivity contribution in [3.63, 3.8) is 0 Å². The maximum atomic E-state index is 13.7. The molecule has 1 N–H and O–H groups in total. The molecule has 2 aliphatic rings. The van der Waals surface area contributed by atoms with Gasteiger partial charge in [-0.1, -0.05) is 0 Å². The number of nitrogens with zero attached hydrogens (tertiary/aromatic N) is 5. The largest absolute Gasteiger partial charge is 0.462 e. The van der Waals surface area contributed by atoms with Crippen LogP contribution < -0.4 is 4.74 Å². The quantitative estimate of drug-likeness (QED) is 0.463. The number of hydrogen-bond donors (Lipinski definition) is 1. The molecule has 2 fully saturated rings. The second-order valence-corrected chi connectivity index (χ2v) is 10.6. The average molecular weight is 539 g/mol. The zero-order valence-electron chi connectivity index (χ0n) is 22.7. The van der Waals surface area contributed by atoms with E-state index in [1.807, 2.05) is 30.8 Å². The van der Waals surface area contributed by atoms with Crippen molar-refractivity contribution in [1.82, 2.24) is 29.7 Å². The summed E-state index contributed by atoms with van der Waals surface area (Å²) in [5.74, 6) is 0.160. The summed E-state index contributed by atoms with van der Waals surface area (Å²) in [5.41, 5.74) is 1.66. The van der Waals surface area contributed by atoms with Crippen LogP contribution in [-0.2, 0) is 14.3 Å². The van der Waals surface area contributed by atoms with Crippen molar-refractivity contribution in [3.05, 3.63) is 48.2 Å². The van der Waals surface area contributed by atoms with E-state index >= 15 is 0 Å². The molecule has 10 nitrogen and oxygen atoms in total. The van der Waals surface area contributed by atoms with E-state index in [1.54, 1.807) is 24.4 Å². The first-order chi connectivity index (χ1) is 18.8. The molecule has 0 unspecified atom stereocenters. The number of nitrogens with one attached hydrogen (secondary N) is 1. The summed E-state index contributed by atoms with van der Waals surface area (Å²) >= 11 is 0. The van der Waals surface area contributed by atoms with E-state index in [2.05, 4.69) is 15.0 Å². The molecule has 1 aromatic carbocycles. The third kappa shape index (κ3) is 6.26. The second-order valence-electron chi connectivity index (χ2n) is 10.6. The van der Waals surface area contributed by atoms with Gasteiger partial charge in [-0.2, -0.15) is 4.98 Å². The lowest BCUT2D eigenvalue weighted by atomic mass is 9.89. The Bertz CT molecular complexity index is 1270. The van der Waals surface area contributed by atoms with E-state index in [9.17, 15) is 9.18 Å². The maximum absolute atomic E-state index is 13.7. The Morgan fingerprint density at radius 2 is 1.85 bits per heavy atom. The third-order valence-corrected chi connectivity index (χ3v) is 6.99. The average Bonchev–Trinajstić information content (AvgIpc) is 3.39. The van der Waals surface area contributed by atoms with Crippen LogP contribution in [0.4, 0.5) is 4.39 Å². The Morgan fingerprint density at radius 1 is 1.13 bits per heavy atom. The number of carbonyl (C=O) groups excluding carboxylic acids is 1. The van der Waals surface area contributed by atoms with Crippen molar-refractivity contribution < 1.29 is 23.4 Å². The van der Waals surface area contributed by atoms with E-state index in [1.165, 1.54) is 12.1 Å². The van der Waals surface area contributed by atoms with Gasteiger partial charge in [-0.05, 0) is 70.6 Å². The molecule has 2 aliphatic heterocycles. The van der Waals surface area contributed by atoms with Gasteiger partial charge in [0.05, 0.1) is 35.7 Å². The smallest absolute Gasteiger partial charge is 0.316 e. The molecule has 3 aromatic rings. The Kier molecular flexibility index (Phi) is 8.20. The van der Waals surface area contributed by atoms with E-state index < -0.39 is 11.7 Å². The summed E-state index contributed by atoms with van der Waals surface area (Å²) in [4.78, 5) is 34.0. The number of rotatable bonds is 8. The lowest BCUT2D eigenvalue weighted by molar-refractivity contribution is -0.234. The van der Waals surface area contributed by atoms with Crippen molar-refractivity contribution >= 4 is 5.91 Å². The number of benzene rings is 1. The van der Waals surface area contributed by atoms with Crippen LogP contribution in [0.3, 0.4) is 0 Å². The minimum atomic E-state index is -0.794. The van der Waals surface area contributed by atoms with Gasteiger partial charge in [-0.15, -0.1) is 0 Å². The van der Waals surface area contributed by atoms with Crippen LogP contribution in [0.2, 0.25) is 0 Å². The van der Waals surface area contributed by atoms with Crippen molar-refractivity contribution in [3.8, 4) is 28.7 Å². The Balaban J connectivity index is 1.38. The van der Waals surface area contributed by atoms with Gasteiger partial charge in [0, 0.05) is 31.4 Å². The highest BCUT2D eigenvalue weighted by Gasteiger charge is 2.43. The van der Waals surface area contributed by atoms with Crippen molar-refractivity contribution in [1.29, 1.82) is 0 Å². The number of carbonyl (C=O) groups is 1. The van der Waals surface area contributed by atoms with E-state index in [4.69, 9.17) is 19.2 Å². The molecule has 2 saturated heterocycles. The Morgan fingerprint density at radius 3 is 2.54 bits per heavy atom. The van der Waals surface area contributed by atoms with Crippen LogP contribution in [0.5, 0.6) is 6.01 Å². The molecule has 0 atom stereocenters. The summed E-state index contributed by atoms with van der Waals surface area (Å²) in [6.07, 6.45) is 4.03. The topological polar surface area (TPSA) is 106 Å². The monoisotopic (exact) mass is 538 g/mol. The fraction of sp³-hybridized carbons (Fsp3) is 0.500. The molecule has 39 heavy (non-hydrogen) atoms. The zero-order valence-corrected chi connectivity index (χ0v) is 22.7. The summed E-state index contributed by atoms with van der Waals surface area (Å²) < 4.78 is 31.5. The van der Waals surface area contributed by atoms with Gasteiger partial charge in [-0.3, -0.25) is 4.79 Å². The molecule has 1 amide bonds. The predicted octanol–water partition coefficient (Wildman–Crippen LogP) is 3.68. The number of ether oxygens (including phenoxy) is 3. The van der Waals surface area contributed by atoms with Gasteiger partial charge in [0.25, 0.3) is 0 Å². The lowest BCUT2D eigenvalue weighted by Gasteiger charge is -2.40. The van der Waals surface area contributed by atoms with Crippen molar-refractivity contribution in [2.75, 3.05) is 53.6 Å². The molecule has 2 aromatic heterocycles. The number of amides is 1. The Labute approximate surface area is 227 Å². The molecular formula is C28H35FN6O4. The summed E-state index contributed by atoms with van der Waals surface area (Å²) in [6, 6.07) is 8.08. The first-order valence-electron chi connectivity index (χ1n) is 13.3. The van der Waals surface area contributed by atoms with E-state index in [0.29, 0.717) is 35.1 Å². The molecule has 0 saturated carbocycles. The van der Waals surface area contributed by atoms with Gasteiger partial charge in [0.15, 0.2) is 5.82 Å². The lowest BCUT2D eigenvalue weighted by Crippen LogP contribution is -2.51. The number of hydrogen-bond acceptors (Lipinski definition) is 8. The van der Waals surface area contributed by atoms with Crippen LogP contribution in [-0.4, -0.2) is 89.2 Å². The number of likely N-dealkylation sites (tertiary alicyclic amines) is 1. The number of piperidine rings is 1. The highest BCUT2D eigenvalue weighted by atomic mass is 19.1. The van der Waals surface area contributed by atoms with Crippen LogP contribution >= 0.6 is 0 Å². The van der Waals surface area contributed by atoms with Gasteiger partial charge in [0.1, 0.15) is 12.4 Å². The minimum Gasteiger partial charge on any atom is -0.462 e. The highest BCUT2D eigenvalue weighted by molar-refractivity contribution is 5.83. The second kappa shape index (κ2) is 11.8. The summed E-state index contributed by atoms with van der Waals surface area (Å²) in [6.45, 7) is 5.03. The number of likely N-dealkylation sites (N-methyl/N-ethyl adjacent to an activating group) is 1. The maximum Gasteiger partial charge on any atom is 0.316 e. The Hall–Kier alpha value is -3.41. The van der Waals surface area contributed by atoms with Crippen LogP contribution in [0.1, 0.15) is 38.3 Å².